The molecule has 1 fully saturated rings. The lowest BCUT2D eigenvalue weighted by Crippen LogP contribution is -2.33. The fourth-order valence-corrected chi connectivity index (χ4v) is 3.79. The summed E-state index contributed by atoms with van der Waals surface area (Å²) in [5, 5.41) is 5.15. The van der Waals surface area contributed by atoms with Gasteiger partial charge in [-0.15, -0.1) is 36.2 Å². The van der Waals surface area contributed by atoms with Crippen LogP contribution in [0.5, 0.6) is 0 Å². The summed E-state index contributed by atoms with van der Waals surface area (Å²) in [4.78, 5) is 30.9. The van der Waals surface area contributed by atoms with E-state index in [-0.39, 0.29) is 55.0 Å². The van der Waals surface area contributed by atoms with E-state index in [0.29, 0.717) is 23.9 Å². The van der Waals surface area contributed by atoms with Crippen LogP contribution in [0.3, 0.4) is 0 Å². The Labute approximate surface area is 188 Å². The minimum absolute atomic E-state index is 0. The highest BCUT2D eigenvalue weighted by Gasteiger charge is 2.34. The molecule has 1 aliphatic heterocycles. The first kappa shape index (κ1) is 25.4. The van der Waals surface area contributed by atoms with Crippen LogP contribution in [0.1, 0.15) is 37.9 Å². The molecule has 3 N–H and O–H groups in total. The Morgan fingerprint density at radius 1 is 1.21 bits per heavy atom. The van der Waals surface area contributed by atoms with Gasteiger partial charge in [0.1, 0.15) is 0 Å². The van der Waals surface area contributed by atoms with E-state index in [1.165, 1.54) is 16.9 Å². The Bertz CT molecular complexity index is 823. The van der Waals surface area contributed by atoms with Gasteiger partial charge < -0.3 is 16.0 Å². The molecule has 1 aromatic heterocycles. The summed E-state index contributed by atoms with van der Waals surface area (Å²) in [5.74, 6) is 0.0843. The van der Waals surface area contributed by atoms with Gasteiger partial charge in [0, 0.05) is 35.8 Å². The van der Waals surface area contributed by atoms with Crippen molar-refractivity contribution in [2.24, 2.45) is 11.1 Å². The molecule has 2 atom stereocenters. The number of thiazole rings is 1. The van der Waals surface area contributed by atoms with E-state index in [4.69, 9.17) is 5.73 Å². The third-order valence-corrected chi connectivity index (χ3v) is 5.54. The zero-order valence-corrected chi connectivity index (χ0v) is 19.2. The SMILES string of the molecule is CC(C)(C)C(=O)Nc1nc(CC(=O)N2C[C@@H](N)[C@H](c3ccccc3)C2)cs1.Cl.Cl. The summed E-state index contributed by atoms with van der Waals surface area (Å²) in [5.41, 5.74) is 7.63. The van der Waals surface area contributed by atoms with E-state index in [1.54, 1.807) is 0 Å². The number of rotatable bonds is 4. The minimum Gasteiger partial charge on any atom is -0.340 e. The molecule has 0 radical (unpaired) electrons. The fraction of sp³-hybridized carbons (Fsp3) is 0.450. The molecule has 0 unspecified atom stereocenters. The average molecular weight is 459 g/mol. The Kier molecular flexibility index (Phi) is 9.09. The predicted molar refractivity (Wildman–Crippen MR) is 122 cm³/mol. The van der Waals surface area contributed by atoms with Gasteiger partial charge in [-0.3, -0.25) is 9.59 Å². The molecule has 9 heteroatoms. The Morgan fingerprint density at radius 2 is 1.86 bits per heavy atom. The molecule has 2 aromatic rings. The van der Waals surface area contributed by atoms with Crippen LogP contribution in [0, 0.1) is 5.41 Å². The van der Waals surface area contributed by atoms with E-state index in [1.807, 2.05) is 49.3 Å². The maximum absolute atomic E-state index is 12.7. The van der Waals surface area contributed by atoms with Gasteiger partial charge in [0.15, 0.2) is 5.13 Å². The normalized spacial score (nSPS) is 18.6. The van der Waals surface area contributed by atoms with Crippen molar-refractivity contribution in [1.82, 2.24) is 9.88 Å². The highest BCUT2D eigenvalue weighted by atomic mass is 35.5. The molecule has 6 nitrogen and oxygen atoms in total. The number of carbonyl (C=O) groups is 2. The number of carbonyl (C=O) groups excluding carboxylic acids is 2. The van der Waals surface area contributed by atoms with Crippen LogP contribution in [0.4, 0.5) is 5.13 Å². The number of nitrogens with one attached hydrogen (secondary N) is 1. The largest absolute Gasteiger partial charge is 0.340 e. The summed E-state index contributed by atoms with van der Waals surface area (Å²) in [6.45, 7) is 6.72. The second-order valence-electron chi connectivity index (χ2n) is 8.00. The number of hydrogen-bond donors (Lipinski definition) is 2. The third kappa shape index (κ3) is 6.40. The second kappa shape index (κ2) is 10.4. The molecule has 1 saturated heterocycles. The summed E-state index contributed by atoms with van der Waals surface area (Å²) in [6, 6.07) is 10.0. The first-order chi connectivity index (χ1) is 12.7. The molecule has 2 heterocycles. The number of nitrogens with zero attached hydrogens (tertiary/aromatic N) is 2. The standard InChI is InChI=1S/C20H26N4O2S.2ClH/c1-20(2,3)18(26)23-19-22-14(12-27-19)9-17(25)24-10-15(16(21)11-24)13-7-5-4-6-8-13;;/h4-8,12,15-16H,9-11,21H2,1-3H3,(H,22,23,26);2*1H/t15-,16+;;/m0../s1. The molecule has 2 amide bonds. The molecule has 160 valence electrons. The van der Waals surface area contributed by atoms with Gasteiger partial charge in [0.05, 0.1) is 12.1 Å². The van der Waals surface area contributed by atoms with Gasteiger partial charge in [-0.1, -0.05) is 51.1 Å². The number of hydrogen-bond acceptors (Lipinski definition) is 5. The summed E-state index contributed by atoms with van der Waals surface area (Å²) in [6.07, 6.45) is 0.218. The highest BCUT2D eigenvalue weighted by Crippen LogP contribution is 2.27. The lowest BCUT2D eigenvalue weighted by Gasteiger charge is -2.16. The Morgan fingerprint density at radius 3 is 2.48 bits per heavy atom. The van der Waals surface area contributed by atoms with Crippen LogP contribution < -0.4 is 11.1 Å². The third-order valence-electron chi connectivity index (χ3n) is 4.73. The van der Waals surface area contributed by atoms with E-state index in [0.717, 1.165) is 0 Å². The van der Waals surface area contributed by atoms with E-state index >= 15 is 0 Å². The summed E-state index contributed by atoms with van der Waals surface area (Å²) >= 11 is 1.34. The number of benzene rings is 1. The van der Waals surface area contributed by atoms with Crippen LogP contribution in [-0.2, 0) is 16.0 Å². The van der Waals surface area contributed by atoms with Gasteiger partial charge >= 0.3 is 0 Å². The number of anilines is 1. The number of halogens is 2. The van der Waals surface area contributed by atoms with Gasteiger partial charge in [-0.05, 0) is 5.56 Å². The Hall–Kier alpha value is -1.67. The first-order valence-electron chi connectivity index (χ1n) is 9.08. The van der Waals surface area contributed by atoms with Crippen LogP contribution >= 0.6 is 36.2 Å². The van der Waals surface area contributed by atoms with Gasteiger partial charge in [-0.25, -0.2) is 4.98 Å². The van der Waals surface area contributed by atoms with Crippen molar-refractivity contribution in [3.63, 3.8) is 0 Å². The lowest BCUT2D eigenvalue weighted by molar-refractivity contribution is -0.129. The Balaban J connectivity index is 0.00000210. The van der Waals surface area contributed by atoms with Gasteiger partial charge in [0.25, 0.3) is 0 Å². The molecule has 3 rings (SSSR count). The topological polar surface area (TPSA) is 88.3 Å². The predicted octanol–water partition coefficient (Wildman–Crippen LogP) is 3.47. The van der Waals surface area contributed by atoms with E-state index in [2.05, 4.69) is 22.4 Å². The number of amides is 2. The van der Waals surface area contributed by atoms with Gasteiger partial charge in [-0.2, -0.15) is 0 Å². The van der Waals surface area contributed by atoms with Crippen molar-refractivity contribution >= 4 is 53.1 Å². The highest BCUT2D eigenvalue weighted by molar-refractivity contribution is 7.13. The minimum atomic E-state index is -0.486. The maximum Gasteiger partial charge on any atom is 0.231 e. The van der Waals surface area contributed by atoms with Crippen LogP contribution in [0.2, 0.25) is 0 Å². The monoisotopic (exact) mass is 458 g/mol. The smallest absolute Gasteiger partial charge is 0.231 e. The molecule has 0 spiro atoms. The lowest BCUT2D eigenvalue weighted by atomic mass is 9.95. The fourth-order valence-electron chi connectivity index (χ4n) is 3.08. The van der Waals surface area contributed by atoms with Crippen molar-refractivity contribution in [1.29, 1.82) is 0 Å². The van der Waals surface area contributed by atoms with Crippen molar-refractivity contribution < 1.29 is 9.59 Å². The van der Waals surface area contributed by atoms with Crippen molar-refractivity contribution in [3.8, 4) is 0 Å². The van der Waals surface area contributed by atoms with Crippen molar-refractivity contribution in [2.45, 2.75) is 39.2 Å². The van der Waals surface area contributed by atoms with E-state index in [9.17, 15) is 9.59 Å². The molecule has 29 heavy (non-hydrogen) atoms. The van der Waals surface area contributed by atoms with Crippen molar-refractivity contribution in [2.75, 3.05) is 18.4 Å². The zero-order chi connectivity index (χ0) is 19.6. The number of nitrogens with two attached hydrogens (primary N) is 1. The molecular formula is C20H28Cl2N4O2S. The van der Waals surface area contributed by atoms with Crippen LogP contribution in [-0.4, -0.2) is 40.8 Å². The second-order valence-corrected chi connectivity index (χ2v) is 8.86. The van der Waals surface area contributed by atoms with Gasteiger partial charge in [0.2, 0.25) is 11.8 Å². The molecular weight excluding hydrogens is 431 g/mol. The molecule has 1 aliphatic rings. The number of aromatic nitrogens is 1. The molecule has 0 saturated carbocycles. The summed E-state index contributed by atoms with van der Waals surface area (Å²) < 4.78 is 0. The molecule has 1 aromatic carbocycles. The summed E-state index contributed by atoms with van der Waals surface area (Å²) in [7, 11) is 0. The average Bonchev–Trinajstić information content (AvgIpc) is 3.21. The van der Waals surface area contributed by atoms with Crippen LogP contribution in [0.15, 0.2) is 35.7 Å². The zero-order valence-electron chi connectivity index (χ0n) is 16.8. The molecule has 0 bridgehead atoms. The quantitative estimate of drug-likeness (QED) is 0.733. The number of likely N-dealkylation sites (tertiary alicyclic amines) is 1. The van der Waals surface area contributed by atoms with Crippen LogP contribution in [0.25, 0.3) is 0 Å². The maximum atomic E-state index is 12.7. The first-order valence-corrected chi connectivity index (χ1v) is 9.96. The van der Waals surface area contributed by atoms with Crippen molar-refractivity contribution in [3.05, 3.63) is 47.0 Å². The molecule has 0 aliphatic carbocycles. The van der Waals surface area contributed by atoms with E-state index < -0.39 is 5.41 Å².